The van der Waals surface area contributed by atoms with Crippen molar-refractivity contribution in [2.24, 2.45) is 0 Å². The highest BCUT2D eigenvalue weighted by atomic mass is 19.1. The zero-order valence-electron chi connectivity index (χ0n) is 10.7. The van der Waals surface area contributed by atoms with Crippen LogP contribution in [-0.4, -0.2) is 0 Å². The SMILES string of the molecule is CC/C=C(\CCC)c1c(C)cc(C#N)cc1F. The van der Waals surface area contributed by atoms with Crippen molar-refractivity contribution in [3.63, 3.8) is 0 Å². The molecule has 0 aromatic heterocycles. The van der Waals surface area contributed by atoms with Crippen LogP contribution in [0, 0.1) is 24.1 Å². The van der Waals surface area contributed by atoms with Gasteiger partial charge in [0.05, 0.1) is 11.6 Å². The average Bonchev–Trinajstić information content (AvgIpc) is 2.28. The van der Waals surface area contributed by atoms with E-state index in [-0.39, 0.29) is 5.82 Å². The fourth-order valence-electron chi connectivity index (χ4n) is 2.06. The standard InChI is InChI=1S/C15H18FN/c1-4-6-13(7-5-2)15-11(3)8-12(10-17)9-14(15)16/h6,8-9H,4-5,7H2,1-3H3/b13-6+. The molecule has 90 valence electrons. The second-order valence-electron chi connectivity index (χ2n) is 4.15. The summed E-state index contributed by atoms with van der Waals surface area (Å²) in [5.41, 5.74) is 2.95. The van der Waals surface area contributed by atoms with Gasteiger partial charge in [-0.1, -0.05) is 26.3 Å². The van der Waals surface area contributed by atoms with E-state index in [1.165, 1.54) is 6.07 Å². The van der Waals surface area contributed by atoms with E-state index in [2.05, 4.69) is 13.0 Å². The van der Waals surface area contributed by atoms with Gasteiger partial charge in [-0.25, -0.2) is 4.39 Å². The van der Waals surface area contributed by atoms with Crippen LogP contribution >= 0.6 is 0 Å². The summed E-state index contributed by atoms with van der Waals surface area (Å²) in [5, 5.41) is 8.79. The number of allylic oxidation sites excluding steroid dienone is 2. The fraction of sp³-hybridized carbons (Fsp3) is 0.400. The van der Waals surface area contributed by atoms with E-state index in [9.17, 15) is 4.39 Å². The first-order valence-electron chi connectivity index (χ1n) is 6.03. The highest BCUT2D eigenvalue weighted by molar-refractivity contribution is 5.69. The second kappa shape index (κ2) is 6.20. The van der Waals surface area contributed by atoms with Crippen molar-refractivity contribution in [1.82, 2.24) is 0 Å². The van der Waals surface area contributed by atoms with Crippen molar-refractivity contribution in [3.05, 3.63) is 40.7 Å². The van der Waals surface area contributed by atoms with Gasteiger partial charge in [0.15, 0.2) is 0 Å². The van der Waals surface area contributed by atoms with Gasteiger partial charge < -0.3 is 0 Å². The number of hydrogen-bond donors (Lipinski definition) is 0. The number of nitrogens with zero attached hydrogens (tertiary/aromatic N) is 1. The summed E-state index contributed by atoms with van der Waals surface area (Å²) < 4.78 is 14.0. The van der Waals surface area contributed by atoms with Crippen LogP contribution in [0.5, 0.6) is 0 Å². The number of aryl methyl sites for hydroxylation is 1. The van der Waals surface area contributed by atoms with Gasteiger partial charge in [-0.05, 0) is 43.0 Å². The Bertz CT molecular complexity index is 443. The van der Waals surface area contributed by atoms with Crippen LogP contribution < -0.4 is 0 Å². The molecule has 0 aliphatic carbocycles. The minimum Gasteiger partial charge on any atom is -0.206 e. The average molecular weight is 231 g/mol. The molecule has 1 rings (SSSR count). The number of halogens is 1. The first-order valence-corrected chi connectivity index (χ1v) is 6.03. The molecule has 0 heterocycles. The van der Waals surface area contributed by atoms with Gasteiger partial charge in [-0.2, -0.15) is 5.26 Å². The van der Waals surface area contributed by atoms with Crippen LogP contribution in [0.25, 0.3) is 5.57 Å². The molecule has 0 aliphatic rings. The Morgan fingerprint density at radius 3 is 2.59 bits per heavy atom. The Morgan fingerprint density at radius 1 is 1.41 bits per heavy atom. The van der Waals surface area contributed by atoms with E-state index in [4.69, 9.17) is 5.26 Å². The topological polar surface area (TPSA) is 23.8 Å². The van der Waals surface area contributed by atoms with Gasteiger partial charge in [0.1, 0.15) is 5.82 Å². The maximum atomic E-state index is 14.0. The summed E-state index contributed by atoms with van der Waals surface area (Å²) in [6, 6.07) is 5.05. The van der Waals surface area contributed by atoms with E-state index < -0.39 is 0 Å². The van der Waals surface area contributed by atoms with E-state index in [0.29, 0.717) is 11.1 Å². The Labute approximate surface area is 103 Å². The predicted molar refractivity (Wildman–Crippen MR) is 69.0 cm³/mol. The van der Waals surface area contributed by atoms with Crippen molar-refractivity contribution < 1.29 is 4.39 Å². The minimum absolute atomic E-state index is 0.283. The molecule has 0 N–H and O–H groups in total. The Kier molecular flexibility index (Phi) is 4.90. The predicted octanol–water partition coefficient (Wildman–Crippen LogP) is 4.60. The lowest BCUT2D eigenvalue weighted by Crippen LogP contribution is -1.96. The molecule has 2 heteroatoms. The van der Waals surface area contributed by atoms with E-state index in [0.717, 1.165) is 30.4 Å². The van der Waals surface area contributed by atoms with E-state index in [1.807, 2.05) is 19.9 Å². The molecule has 0 unspecified atom stereocenters. The molecule has 1 nitrogen and oxygen atoms in total. The third-order valence-corrected chi connectivity index (χ3v) is 2.71. The lowest BCUT2D eigenvalue weighted by atomic mass is 9.94. The zero-order valence-corrected chi connectivity index (χ0v) is 10.7. The van der Waals surface area contributed by atoms with Crippen LogP contribution in [0.2, 0.25) is 0 Å². The van der Waals surface area contributed by atoms with Gasteiger partial charge in [0, 0.05) is 5.56 Å². The normalized spacial score (nSPS) is 11.4. The van der Waals surface area contributed by atoms with Gasteiger partial charge >= 0.3 is 0 Å². The third kappa shape index (κ3) is 3.17. The summed E-state index contributed by atoms with van der Waals surface area (Å²) in [7, 11) is 0. The summed E-state index contributed by atoms with van der Waals surface area (Å²) in [4.78, 5) is 0. The summed E-state index contributed by atoms with van der Waals surface area (Å²) in [6.45, 7) is 5.99. The van der Waals surface area contributed by atoms with Crippen LogP contribution in [0.15, 0.2) is 18.2 Å². The highest BCUT2D eigenvalue weighted by Gasteiger charge is 2.11. The van der Waals surface area contributed by atoms with Gasteiger partial charge in [0.25, 0.3) is 0 Å². The van der Waals surface area contributed by atoms with Crippen molar-refractivity contribution in [2.45, 2.75) is 40.0 Å². The molecule has 0 saturated carbocycles. The summed E-state index contributed by atoms with van der Waals surface area (Å²) >= 11 is 0. The number of nitriles is 1. The van der Waals surface area contributed by atoms with E-state index >= 15 is 0 Å². The maximum Gasteiger partial charge on any atom is 0.132 e. The molecule has 0 radical (unpaired) electrons. The molecule has 0 aliphatic heterocycles. The lowest BCUT2D eigenvalue weighted by molar-refractivity contribution is 0.621. The molecule has 0 fully saturated rings. The molecule has 1 aromatic carbocycles. The minimum atomic E-state index is -0.283. The second-order valence-corrected chi connectivity index (χ2v) is 4.15. The molecule has 0 spiro atoms. The van der Waals surface area contributed by atoms with Crippen LogP contribution in [0.1, 0.15) is 49.8 Å². The smallest absolute Gasteiger partial charge is 0.132 e. The largest absolute Gasteiger partial charge is 0.206 e. The molecule has 17 heavy (non-hydrogen) atoms. The van der Waals surface area contributed by atoms with Crippen LogP contribution in [0.4, 0.5) is 4.39 Å². The van der Waals surface area contributed by atoms with Crippen LogP contribution in [-0.2, 0) is 0 Å². The fourth-order valence-corrected chi connectivity index (χ4v) is 2.06. The zero-order chi connectivity index (χ0) is 12.8. The molecule has 0 bridgehead atoms. The quantitative estimate of drug-likeness (QED) is 0.743. The number of benzene rings is 1. The van der Waals surface area contributed by atoms with Gasteiger partial charge in [0.2, 0.25) is 0 Å². The highest BCUT2D eigenvalue weighted by Crippen LogP contribution is 2.27. The van der Waals surface area contributed by atoms with Crippen molar-refractivity contribution >= 4 is 5.57 Å². The molecular weight excluding hydrogens is 213 g/mol. The first kappa shape index (κ1) is 13.4. The maximum absolute atomic E-state index is 14.0. The summed E-state index contributed by atoms with van der Waals surface area (Å²) in [6.07, 6.45) is 4.83. The Morgan fingerprint density at radius 2 is 2.12 bits per heavy atom. The van der Waals surface area contributed by atoms with Crippen molar-refractivity contribution in [3.8, 4) is 6.07 Å². The molecular formula is C15H18FN. The monoisotopic (exact) mass is 231 g/mol. The lowest BCUT2D eigenvalue weighted by Gasteiger charge is -2.12. The third-order valence-electron chi connectivity index (χ3n) is 2.71. The molecule has 0 amide bonds. The van der Waals surface area contributed by atoms with E-state index in [1.54, 1.807) is 6.07 Å². The molecule has 1 aromatic rings. The number of rotatable bonds is 4. The Balaban J connectivity index is 3.30. The molecule has 0 atom stereocenters. The Hall–Kier alpha value is -1.62. The summed E-state index contributed by atoms with van der Waals surface area (Å²) in [5.74, 6) is -0.283. The first-order chi connectivity index (χ1) is 8.13. The van der Waals surface area contributed by atoms with Gasteiger partial charge in [-0.3, -0.25) is 0 Å². The molecule has 0 saturated heterocycles. The van der Waals surface area contributed by atoms with Crippen molar-refractivity contribution in [1.29, 1.82) is 5.26 Å². The number of hydrogen-bond acceptors (Lipinski definition) is 1. The van der Waals surface area contributed by atoms with Crippen molar-refractivity contribution in [2.75, 3.05) is 0 Å². The van der Waals surface area contributed by atoms with Crippen LogP contribution in [0.3, 0.4) is 0 Å². The van der Waals surface area contributed by atoms with Gasteiger partial charge in [-0.15, -0.1) is 0 Å².